The summed E-state index contributed by atoms with van der Waals surface area (Å²) in [4.78, 5) is 0. The Morgan fingerprint density at radius 1 is 1.33 bits per heavy atom. The van der Waals surface area contributed by atoms with Gasteiger partial charge in [0.25, 0.3) is 0 Å². The number of rotatable bonds is 7. The zero-order chi connectivity index (χ0) is 10.9. The summed E-state index contributed by atoms with van der Waals surface area (Å²) in [6.07, 6.45) is 4.62. The Morgan fingerprint density at radius 3 is 2.87 bits per heavy atom. The van der Waals surface area contributed by atoms with Gasteiger partial charge in [-0.15, -0.1) is 0 Å². The van der Waals surface area contributed by atoms with E-state index in [0.29, 0.717) is 19.1 Å². The van der Waals surface area contributed by atoms with Gasteiger partial charge in [0, 0.05) is 13.2 Å². The summed E-state index contributed by atoms with van der Waals surface area (Å²) in [7, 11) is 0. The average Bonchev–Trinajstić information content (AvgIpc) is 2.29. The highest BCUT2D eigenvalue weighted by Gasteiger charge is 2.13. The van der Waals surface area contributed by atoms with Gasteiger partial charge in [0.1, 0.15) is 0 Å². The Morgan fingerprint density at radius 2 is 2.20 bits per heavy atom. The Bertz CT molecular complexity index is 144. The predicted molar refractivity (Wildman–Crippen MR) is 59.8 cm³/mol. The minimum absolute atomic E-state index is 0.0194. The van der Waals surface area contributed by atoms with Crippen molar-refractivity contribution in [1.82, 2.24) is 0 Å². The van der Waals surface area contributed by atoms with Crippen LogP contribution in [-0.2, 0) is 14.2 Å². The van der Waals surface area contributed by atoms with Crippen LogP contribution < -0.4 is 0 Å². The molecule has 1 saturated heterocycles. The highest BCUT2D eigenvalue weighted by Crippen LogP contribution is 2.13. The third kappa shape index (κ3) is 6.13. The van der Waals surface area contributed by atoms with Crippen molar-refractivity contribution in [3.8, 4) is 0 Å². The molecule has 90 valence electrons. The molecule has 0 amide bonds. The largest absolute Gasteiger partial charge is 0.379 e. The van der Waals surface area contributed by atoms with Gasteiger partial charge in [-0.1, -0.05) is 20.3 Å². The second kappa shape index (κ2) is 8.08. The van der Waals surface area contributed by atoms with E-state index in [0.717, 1.165) is 19.6 Å². The van der Waals surface area contributed by atoms with E-state index >= 15 is 0 Å². The summed E-state index contributed by atoms with van der Waals surface area (Å²) in [5.41, 5.74) is 0. The molecular formula is C12H24O3. The van der Waals surface area contributed by atoms with Gasteiger partial charge in [0.15, 0.2) is 6.29 Å². The molecule has 0 saturated carbocycles. The maximum Gasteiger partial charge on any atom is 0.157 e. The molecule has 1 fully saturated rings. The number of ether oxygens (including phenoxy) is 3. The molecule has 0 spiro atoms. The molecule has 0 N–H and O–H groups in total. The summed E-state index contributed by atoms with van der Waals surface area (Å²) in [6, 6.07) is 0. The monoisotopic (exact) mass is 216 g/mol. The molecule has 0 radical (unpaired) electrons. The van der Waals surface area contributed by atoms with Crippen LogP contribution in [0.25, 0.3) is 0 Å². The van der Waals surface area contributed by atoms with Crippen LogP contribution in [0.1, 0.15) is 39.5 Å². The summed E-state index contributed by atoms with van der Waals surface area (Å²) >= 11 is 0. The minimum Gasteiger partial charge on any atom is -0.379 e. The molecule has 1 aliphatic heterocycles. The molecule has 0 aromatic heterocycles. The average molecular weight is 216 g/mol. The summed E-state index contributed by atoms with van der Waals surface area (Å²) in [6.45, 7) is 7.40. The van der Waals surface area contributed by atoms with Crippen LogP contribution in [0.5, 0.6) is 0 Å². The second-order valence-electron chi connectivity index (χ2n) is 4.26. The van der Waals surface area contributed by atoms with Crippen LogP contribution >= 0.6 is 0 Å². The van der Waals surface area contributed by atoms with E-state index in [4.69, 9.17) is 14.2 Å². The molecule has 0 aliphatic carbocycles. The van der Waals surface area contributed by atoms with Gasteiger partial charge in [0.2, 0.25) is 0 Å². The number of hydrogen-bond donors (Lipinski definition) is 0. The maximum atomic E-state index is 5.55. The van der Waals surface area contributed by atoms with Crippen molar-refractivity contribution in [2.75, 3.05) is 26.4 Å². The van der Waals surface area contributed by atoms with Crippen molar-refractivity contribution >= 4 is 0 Å². The van der Waals surface area contributed by atoms with Crippen LogP contribution in [0.15, 0.2) is 0 Å². The lowest BCUT2D eigenvalue weighted by Gasteiger charge is -2.22. The first-order valence-electron chi connectivity index (χ1n) is 6.14. The highest BCUT2D eigenvalue weighted by atomic mass is 16.7. The van der Waals surface area contributed by atoms with Crippen molar-refractivity contribution in [2.24, 2.45) is 5.92 Å². The third-order valence-electron chi connectivity index (χ3n) is 2.77. The van der Waals surface area contributed by atoms with Gasteiger partial charge >= 0.3 is 0 Å². The first-order chi connectivity index (χ1) is 7.33. The zero-order valence-electron chi connectivity index (χ0n) is 10.0. The third-order valence-corrected chi connectivity index (χ3v) is 2.77. The van der Waals surface area contributed by atoms with Crippen molar-refractivity contribution in [2.45, 2.75) is 45.8 Å². The molecule has 0 aromatic rings. The van der Waals surface area contributed by atoms with E-state index in [1.807, 2.05) is 0 Å². The fourth-order valence-electron chi connectivity index (χ4n) is 1.48. The van der Waals surface area contributed by atoms with E-state index < -0.39 is 0 Å². The fraction of sp³-hybridized carbons (Fsp3) is 1.00. The quantitative estimate of drug-likeness (QED) is 0.612. The van der Waals surface area contributed by atoms with Crippen molar-refractivity contribution in [3.63, 3.8) is 0 Å². The van der Waals surface area contributed by atoms with Crippen molar-refractivity contribution in [1.29, 1.82) is 0 Å². The van der Waals surface area contributed by atoms with Crippen molar-refractivity contribution in [3.05, 3.63) is 0 Å². The smallest absolute Gasteiger partial charge is 0.157 e. The Kier molecular flexibility index (Phi) is 6.98. The van der Waals surface area contributed by atoms with E-state index in [-0.39, 0.29) is 6.29 Å². The van der Waals surface area contributed by atoms with Gasteiger partial charge in [-0.25, -0.2) is 0 Å². The van der Waals surface area contributed by atoms with Crippen molar-refractivity contribution < 1.29 is 14.2 Å². The Hall–Kier alpha value is -0.120. The van der Waals surface area contributed by atoms with E-state index in [2.05, 4.69) is 13.8 Å². The van der Waals surface area contributed by atoms with Gasteiger partial charge in [-0.3, -0.25) is 0 Å². The van der Waals surface area contributed by atoms with Crippen LogP contribution in [0.4, 0.5) is 0 Å². The van der Waals surface area contributed by atoms with Crippen LogP contribution in [0.3, 0.4) is 0 Å². The lowest BCUT2D eigenvalue weighted by molar-refractivity contribution is -0.169. The molecule has 2 unspecified atom stereocenters. The summed E-state index contributed by atoms with van der Waals surface area (Å²) in [5, 5.41) is 0. The highest BCUT2D eigenvalue weighted by molar-refractivity contribution is 4.54. The maximum absolute atomic E-state index is 5.55. The molecule has 3 nitrogen and oxygen atoms in total. The van der Waals surface area contributed by atoms with Crippen LogP contribution in [0.2, 0.25) is 0 Å². The fourth-order valence-corrected chi connectivity index (χ4v) is 1.48. The van der Waals surface area contributed by atoms with Gasteiger partial charge in [0.05, 0.1) is 13.2 Å². The summed E-state index contributed by atoms with van der Waals surface area (Å²) < 4.78 is 16.5. The van der Waals surface area contributed by atoms with Gasteiger partial charge in [-0.2, -0.15) is 0 Å². The van der Waals surface area contributed by atoms with E-state index in [9.17, 15) is 0 Å². The van der Waals surface area contributed by atoms with Crippen LogP contribution in [0, 0.1) is 5.92 Å². The predicted octanol–water partition coefficient (Wildman–Crippen LogP) is 2.59. The lowest BCUT2D eigenvalue weighted by atomic mass is 10.1. The van der Waals surface area contributed by atoms with Crippen LogP contribution in [-0.4, -0.2) is 32.7 Å². The van der Waals surface area contributed by atoms with E-state index in [1.54, 1.807) is 0 Å². The second-order valence-corrected chi connectivity index (χ2v) is 4.26. The first kappa shape index (κ1) is 12.9. The molecule has 2 atom stereocenters. The Balaban J connectivity index is 1.87. The first-order valence-corrected chi connectivity index (χ1v) is 6.14. The topological polar surface area (TPSA) is 27.7 Å². The SMILES string of the molecule is CCC(C)COCCOC1CCCCO1. The minimum atomic E-state index is 0.0194. The molecule has 1 heterocycles. The van der Waals surface area contributed by atoms with Gasteiger partial charge in [-0.05, 0) is 25.2 Å². The molecule has 15 heavy (non-hydrogen) atoms. The molecule has 1 rings (SSSR count). The standard InChI is InChI=1S/C12H24O3/c1-3-11(2)10-13-8-9-15-12-6-4-5-7-14-12/h11-12H,3-10H2,1-2H3. The van der Waals surface area contributed by atoms with Gasteiger partial charge < -0.3 is 14.2 Å². The molecular weight excluding hydrogens is 192 g/mol. The lowest BCUT2D eigenvalue weighted by Crippen LogP contribution is -2.24. The normalized spacial score (nSPS) is 24.0. The zero-order valence-corrected chi connectivity index (χ0v) is 10.0. The van der Waals surface area contributed by atoms with E-state index in [1.165, 1.54) is 19.3 Å². The molecule has 3 heteroatoms. The molecule has 0 aromatic carbocycles. The molecule has 0 bridgehead atoms. The number of hydrogen-bond acceptors (Lipinski definition) is 3. The summed E-state index contributed by atoms with van der Waals surface area (Å²) in [5.74, 6) is 0.649. The Labute approximate surface area is 93.1 Å². The molecule has 1 aliphatic rings.